The lowest BCUT2D eigenvalue weighted by Crippen LogP contribution is -2.27. The van der Waals surface area contributed by atoms with Gasteiger partial charge in [-0.15, -0.1) is 0 Å². The maximum absolute atomic E-state index is 10.4. The first-order chi connectivity index (χ1) is 10.5. The molecule has 2 heterocycles. The van der Waals surface area contributed by atoms with E-state index in [-0.39, 0.29) is 21.8 Å². The highest BCUT2D eigenvalue weighted by Crippen LogP contribution is 2.26. The largest absolute Gasteiger partial charge is 0.373 e. The molecule has 0 bridgehead atoms. The summed E-state index contributed by atoms with van der Waals surface area (Å²) in [7, 11) is 0. The molecule has 2 rings (SSSR count). The number of nitrogens with one attached hydrogen (secondary N) is 1. The van der Waals surface area contributed by atoms with Crippen molar-refractivity contribution in [1.29, 1.82) is 5.26 Å². The number of aliphatic hydroxyl groups excluding tert-OH is 1. The van der Waals surface area contributed by atoms with Gasteiger partial charge >= 0.3 is 0 Å². The number of halogens is 2. The van der Waals surface area contributed by atoms with E-state index in [1.165, 1.54) is 12.4 Å². The van der Waals surface area contributed by atoms with Crippen LogP contribution in [0, 0.1) is 11.3 Å². The van der Waals surface area contributed by atoms with Crippen LogP contribution in [0.3, 0.4) is 0 Å². The molecule has 0 aliphatic heterocycles. The number of rotatable bonds is 5. The number of anilines is 1. The minimum absolute atomic E-state index is 0.145. The van der Waals surface area contributed by atoms with Crippen LogP contribution in [0.2, 0.25) is 10.3 Å². The van der Waals surface area contributed by atoms with Gasteiger partial charge in [-0.25, -0.2) is 15.0 Å². The summed E-state index contributed by atoms with van der Waals surface area (Å²) in [6, 6.07) is 3.60. The quantitative estimate of drug-likeness (QED) is 0.643. The summed E-state index contributed by atoms with van der Waals surface area (Å²) in [5, 5.41) is 22.6. The molecule has 2 unspecified atom stereocenters. The van der Waals surface area contributed by atoms with Crippen LogP contribution in [0.4, 0.5) is 5.82 Å². The lowest BCUT2D eigenvalue weighted by Gasteiger charge is -2.23. The molecule has 6 nitrogen and oxygen atoms in total. The second kappa shape index (κ2) is 7.36. The van der Waals surface area contributed by atoms with Gasteiger partial charge in [0, 0.05) is 12.1 Å². The maximum Gasteiger partial charge on any atom is 0.147 e. The van der Waals surface area contributed by atoms with Crippen molar-refractivity contribution >= 4 is 29.0 Å². The van der Waals surface area contributed by atoms with Crippen molar-refractivity contribution in [3.05, 3.63) is 46.1 Å². The van der Waals surface area contributed by atoms with E-state index >= 15 is 0 Å². The van der Waals surface area contributed by atoms with Crippen molar-refractivity contribution in [2.75, 3.05) is 5.32 Å². The van der Waals surface area contributed by atoms with Crippen molar-refractivity contribution in [2.45, 2.75) is 25.5 Å². The van der Waals surface area contributed by atoms with Gasteiger partial charge in [-0.1, -0.05) is 30.1 Å². The molecule has 0 radical (unpaired) electrons. The molecular formula is C14H13Cl2N5O. The molecule has 0 spiro atoms. The van der Waals surface area contributed by atoms with Gasteiger partial charge in [0.2, 0.25) is 0 Å². The van der Waals surface area contributed by atoms with E-state index in [9.17, 15) is 5.11 Å². The maximum atomic E-state index is 10.4. The van der Waals surface area contributed by atoms with Crippen LogP contribution in [0.1, 0.15) is 30.4 Å². The molecule has 0 saturated heterocycles. The minimum Gasteiger partial charge on any atom is -0.373 e. The Labute approximate surface area is 137 Å². The number of aromatic nitrogens is 3. The Kier molecular flexibility index (Phi) is 5.50. The fourth-order valence-corrected chi connectivity index (χ4v) is 2.27. The number of pyridine rings is 1. The Bertz CT molecular complexity index is 687. The molecule has 2 atom stereocenters. The smallest absolute Gasteiger partial charge is 0.147 e. The first kappa shape index (κ1) is 16.4. The number of nitriles is 1. The van der Waals surface area contributed by atoms with Crippen LogP contribution in [-0.2, 0) is 0 Å². The first-order valence-corrected chi connectivity index (χ1v) is 7.28. The number of nitrogens with zero attached hydrogens (tertiary/aromatic N) is 4. The molecule has 114 valence electrons. The molecule has 0 aromatic carbocycles. The van der Waals surface area contributed by atoms with Gasteiger partial charge in [0.15, 0.2) is 0 Å². The van der Waals surface area contributed by atoms with Gasteiger partial charge in [0.25, 0.3) is 0 Å². The Hall–Kier alpha value is -1.94. The molecule has 0 fully saturated rings. The van der Waals surface area contributed by atoms with Crippen LogP contribution in [0.25, 0.3) is 0 Å². The van der Waals surface area contributed by atoms with Crippen LogP contribution < -0.4 is 5.32 Å². The molecular weight excluding hydrogens is 325 g/mol. The molecule has 2 aromatic heterocycles. The Morgan fingerprint density at radius 2 is 2.05 bits per heavy atom. The predicted octanol–water partition coefficient (Wildman–Crippen LogP) is 2.97. The van der Waals surface area contributed by atoms with E-state index in [4.69, 9.17) is 28.5 Å². The standard InChI is InChI=1S/C14H13Cl2N5O/c1-2-10(9-3-8(4-17)13(16)20-5-9)14(22)21-12-7-18-11(15)6-19-12/h3,5-7,10,14,22H,2H2,1H3,(H,19,21). The van der Waals surface area contributed by atoms with Crippen LogP contribution >= 0.6 is 23.2 Å². The highest BCUT2D eigenvalue weighted by Gasteiger charge is 2.21. The third kappa shape index (κ3) is 3.83. The second-order valence-electron chi connectivity index (χ2n) is 4.55. The fraction of sp³-hybridized carbons (Fsp3) is 0.286. The molecule has 0 aliphatic rings. The highest BCUT2D eigenvalue weighted by molar-refractivity contribution is 6.30. The fourth-order valence-electron chi connectivity index (χ4n) is 2.03. The number of hydrogen-bond acceptors (Lipinski definition) is 6. The van der Waals surface area contributed by atoms with E-state index < -0.39 is 6.23 Å². The summed E-state index contributed by atoms with van der Waals surface area (Å²) < 4.78 is 0. The molecule has 2 N–H and O–H groups in total. The summed E-state index contributed by atoms with van der Waals surface area (Å²) in [6.07, 6.45) is 4.07. The third-order valence-corrected chi connectivity index (χ3v) is 3.64. The number of hydrogen-bond donors (Lipinski definition) is 2. The van der Waals surface area contributed by atoms with E-state index in [1.54, 1.807) is 12.3 Å². The van der Waals surface area contributed by atoms with Crippen molar-refractivity contribution in [1.82, 2.24) is 15.0 Å². The molecule has 0 saturated carbocycles. The molecule has 22 heavy (non-hydrogen) atoms. The van der Waals surface area contributed by atoms with Crippen molar-refractivity contribution in [3.63, 3.8) is 0 Å². The Morgan fingerprint density at radius 3 is 2.64 bits per heavy atom. The average Bonchev–Trinajstić information content (AvgIpc) is 2.52. The van der Waals surface area contributed by atoms with Crippen LogP contribution in [0.15, 0.2) is 24.7 Å². The molecule has 0 aliphatic carbocycles. The zero-order valence-electron chi connectivity index (χ0n) is 11.7. The van der Waals surface area contributed by atoms with E-state index in [1.807, 2.05) is 13.0 Å². The lowest BCUT2D eigenvalue weighted by molar-refractivity contribution is 0.167. The van der Waals surface area contributed by atoms with Crippen molar-refractivity contribution in [3.8, 4) is 6.07 Å². The minimum atomic E-state index is -0.921. The van der Waals surface area contributed by atoms with Gasteiger partial charge in [0.05, 0.1) is 18.0 Å². The van der Waals surface area contributed by atoms with Gasteiger partial charge in [-0.05, 0) is 18.1 Å². The highest BCUT2D eigenvalue weighted by atomic mass is 35.5. The topological polar surface area (TPSA) is 94.7 Å². The van der Waals surface area contributed by atoms with Crippen molar-refractivity contribution in [2.24, 2.45) is 0 Å². The summed E-state index contributed by atoms with van der Waals surface area (Å²) in [5.41, 5.74) is 0.987. The summed E-state index contributed by atoms with van der Waals surface area (Å²) in [5.74, 6) is 0.118. The Morgan fingerprint density at radius 1 is 1.27 bits per heavy atom. The molecule has 8 heteroatoms. The van der Waals surface area contributed by atoms with E-state index in [0.717, 1.165) is 0 Å². The van der Waals surface area contributed by atoms with E-state index in [0.29, 0.717) is 17.8 Å². The average molecular weight is 338 g/mol. The second-order valence-corrected chi connectivity index (χ2v) is 5.29. The predicted molar refractivity (Wildman–Crippen MR) is 83.7 cm³/mol. The van der Waals surface area contributed by atoms with Crippen LogP contribution in [-0.4, -0.2) is 26.3 Å². The zero-order chi connectivity index (χ0) is 16.1. The summed E-state index contributed by atoms with van der Waals surface area (Å²) in [6.45, 7) is 1.92. The van der Waals surface area contributed by atoms with Gasteiger partial charge in [0.1, 0.15) is 28.4 Å². The van der Waals surface area contributed by atoms with Gasteiger partial charge in [-0.2, -0.15) is 5.26 Å². The third-order valence-electron chi connectivity index (χ3n) is 3.15. The van der Waals surface area contributed by atoms with Crippen molar-refractivity contribution < 1.29 is 5.11 Å². The summed E-state index contributed by atoms with van der Waals surface area (Å²) >= 11 is 11.5. The summed E-state index contributed by atoms with van der Waals surface area (Å²) in [4.78, 5) is 11.9. The van der Waals surface area contributed by atoms with Gasteiger partial charge in [-0.3, -0.25) is 0 Å². The monoisotopic (exact) mass is 337 g/mol. The number of aliphatic hydroxyl groups is 1. The Balaban J connectivity index is 2.20. The normalized spacial score (nSPS) is 13.2. The first-order valence-electron chi connectivity index (χ1n) is 6.52. The lowest BCUT2D eigenvalue weighted by atomic mass is 9.95. The SMILES string of the molecule is CCC(c1cnc(Cl)c(C#N)c1)C(O)Nc1cnc(Cl)cn1. The van der Waals surface area contributed by atoms with Crippen LogP contribution in [0.5, 0.6) is 0 Å². The zero-order valence-corrected chi connectivity index (χ0v) is 13.2. The van der Waals surface area contributed by atoms with E-state index in [2.05, 4.69) is 20.3 Å². The molecule has 2 aromatic rings. The molecule has 0 amide bonds. The van der Waals surface area contributed by atoms with Gasteiger partial charge < -0.3 is 10.4 Å².